The van der Waals surface area contributed by atoms with E-state index in [0.717, 1.165) is 28.1 Å². The average molecular weight is 390 g/mol. The van der Waals surface area contributed by atoms with E-state index >= 15 is 0 Å². The zero-order chi connectivity index (χ0) is 17.2. The zero-order valence-electron chi connectivity index (χ0n) is 13.9. The number of nitrogens with one attached hydrogen (secondary N) is 2. The number of rotatable bonds is 7. The van der Waals surface area contributed by atoms with Crippen LogP contribution in [-0.2, 0) is 6.54 Å². The molecule has 128 valence electrons. The van der Waals surface area contributed by atoms with Crippen LogP contribution in [0.15, 0.2) is 64.1 Å². The van der Waals surface area contributed by atoms with Crippen LogP contribution in [-0.4, -0.2) is 30.8 Å². The second-order valence-corrected chi connectivity index (χ2v) is 6.41. The number of aliphatic hydroxyl groups excluding tert-OH is 1. The van der Waals surface area contributed by atoms with Gasteiger partial charge in [0, 0.05) is 23.5 Å². The zero-order valence-corrected chi connectivity index (χ0v) is 15.5. The molecule has 0 aliphatic heterocycles. The number of hydrogen-bond donors (Lipinski definition) is 3. The first kappa shape index (κ1) is 18.5. The Bertz CT molecular complexity index is 646. The molecule has 0 aromatic heterocycles. The second kappa shape index (κ2) is 10.1. The van der Waals surface area contributed by atoms with E-state index in [0.29, 0.717) is 13.1 Å². The summed E-state index contributed by atoms with van der Waals surface area (Å²) in [5, 5.41) is 16.2. The number of guanidine groups is 1. The maximum Gasteiger partial charge on any atom is 0.191 e. The molecule has 2 aromatic carbocycles. The van der Waals surface area contributed by atoms with Crippen molar-refractivity contribution < 1.29 is 5.11 Å². The van der Waals surface area contributed by atoms with Gasteiger partial charge >= 0.3 is 0 Å². The minimum atomic E-state index is 0.0425. The summed E-state index contributed by atoms with van der Waals surface area (Å²) in [5.41, 5.74) is 2.26. The summed E-state index contributed by atoms with van der Waals surface area (Å²) in [6.45, 7) is 4.16. The number of nitrogens with zero attached hydrogens (tertiary/aromatic N) is 1. The number of halogens is 1. The van der Waals surface area contributed by atoms with Crippen LogP contribution >= 0.6 is 15.9 Å². The van der Waals surface area contributed by atoms with Gasteiger partial charge in [0.1, 0.15) is 0 Å². The number of aliphatic hydroxyl groups is 1. The first-order valence-corrected chi connectivity index (χ1v) is 8.94. The maximum absolute atomic E-state index is 9.66. The van der Waals surface area contributed by atoms with Crippen LogP contribution in [0.25, 0.3) is 0 Å². The highest BCUT2D eigenvalue weighted by Gasteiger charge is 2.10. The molecule has 0 aliphatic carbocycles. The number of aliphatic imine (C=N–C) groups is 1. The highest BCUT2D eigenvalue weighted by atomic mass is 79.9. The Morgan fingerprint density at radius 3 is 2.58 bits per heavy atom. The predicted molar refractivity (Wildman–Crippen MR) is 103 cm³/mol. The molecular weight excluding hydrogens is 366 g/mol. The molecule has 0 heterocycles. The van der Waals surface area contributed by atoms with Gasteiger partial charge in [-0.3, -0.25) is 0 Å². The van der Waals surface area contributed by atoms with E-state index in [1.807, 2.05) is 49.4 Å². The summed E-state index contributed by atoms with van der Waals surface area (Å²) < 4.78 is 1.05. The van der Waals surface area contributed by atoms with Crippen molar-refractivity contribution in [3.63, 3.8) is 0 Å². The van der Waals surface area contributed by atoms with Crippen LogP contribution in [0.4, 0.5) is 0 Å². The molecule has 0 amide bonds. The molecule has 2 aromatic rings. The van der Waals surface area contributed by atoms with Crippen LogP contribution in [0.5, 0.6) is 0 Å². The highest BCUT2D eigenvalue weighted by Crippen LogP contribution is 2.14. The SMILES string of the molecule is CCNC(=NCc1cccc(Br)c1)NCC(CO)c1ccccc1. The largest absolute Gasteiger partial charge is 0.396 e. The second-order valence-electron chi connectivity index (χ2n) is 5.50. The smallest absolute Gasteiger partial charge is 0.191 e. The van der Waals surface area contributed by atoms with Crippen molar-refractivity contribution in [3.8, 4) is 0 Å². The third-order valence-electron chi connectivity index (χ3n) is 3.66. The molecule has 2 rings (SSSR count). The Kier molecular flexibility index (Phi) is 7.79. The Balaban J connectivity index is 1.98. The summed E-state index contributed by atoms with van der Waals surface area (Å²) in [6, 6.07) is 18.2. The Morgan fingerprint density at radius 2 is 1.92 bits per heavy atom. The molecule has 1 atom stereocenters. The van der Waals surface area contributed by atoms with Gasteiger partial charge in [-0.05, 0) is 30.2 Å². The van der Waals surface area contributed by atoms with Crippen molar-refractivity contribution >= 4 is 21.9 Å². The third kappa shape index (κ3) is 5.98. The number of benzene rings is 2. The minimum absolute atomic E-state index is 0.0425. The molecule has 0 radical (unpaired) electrons. The van der Waals surface area contributed by atoms with E-state index in [2.05, 4.69) is 43.7 Å². The topological polar surface area (TPSA) is 56.7 Å². The average Bonchev–Trinajstić information content (AvgIpc) is 2.61. The van der Waals surface area contributed by atoms with Crippen LogP contribution in [0.2, 0.25) is 0 Å². The lowest BCUT2D eigenvalue weighted by Gasteiger charge is -2.18. The van der Waals surface area contributed by atoms with Gasteiger partial charge in [0.25, 0.3) is 0 Å². The van der Waals surface area contributed by atoms with Gasteiger partial charge in [-0.25, -0.2) is 4.99 Å². The van der Waals surface area contributed by atoms with Crippen molar-refractivity contribution in [1.82, 2.24) is 10.6 Å². The molecule has 0 bridgehead atoms. The van der Waals surface area contributed by atoms with Crippen LogP contribution in [0, 0.1) is 0 Å². The molecule has 0 saturated carbocycles. The van der Waals surface area contributed by atoms with Crippen molar-refractivity contribution in [2.24, 2.45) is 4.99 Å². The fourth-order valence-corrected chi connectivity index (χ4v) is 2.83. The normalized spacial score (nSPS) is 12.7. The molecule has 0 fully saturated rings. The molecular formula is C19H24BrN3O. The van der Waals surface area contributed by atoms with Gasteiger partial charge in [0.15, 0.2) is 5.96 Å². The molecule has 24 heavy (non-hydrogen) atoms. The van der Waals surface area contributed by atoms with E-state index in [1.54, 1.807) is 0 Å². The molecule has 0 aliphatic rings. The summed E-state index contributed by atoms with van der Waals surface area (Å²) in [5.74, 6) is 0.799. The predicted octanol–water partition coefficient (Wildman–Crippen LogP) is 3.28. The Morgan fingerprint density at radius 1 is 1.12 bits per heavy atom. The lowest BCUT2D eigenvalue weighted by Crippen LogP contribution is -2.39. The lowest BCUT2D eigenvalue weighted by atomic mass is 10.0. The van der Waals surface area contributed by atoms with Crippen molar-refractivity contribution in [1.29, 1.82) is 0 Å². The van der Waals surface area contributed by atoms with Crippen LogP contribution in [0.3, 0.4) is 0 Å². The maximum atomic E-state index is 9.66. The Labute approximate surface area is 152 Å². The summed E-state index contributed by atoms with van der Waals surface area (Å²) in [4.78, 5) is 4.62. The summed E-state index contributed by atoms with van der Waals surface area (Å²) in [6.07, 6.45) is 0. The first-order valence-electron chi connectivity index (χ1n) is 8.15. The Hall–Kier alpha value is -1.85. The van der Waals surface area contributed by atoms with Gasteiger partial charge in [-0.15, -0.1) is 0 Å². The van der Waals surface area contributed by atoms with E-state index < -0.39 is 0 Å². The molecule has 5 heteroatoms. The third-order valence-corrected chi connectivity index (χ3v) is 4.15. The van der Waals surface area contributed by atoms with Gasteiger partial charge < -0.3 is 15.7 Å². The van der Waals surface area contributed by atoms with Crippen molar-refractivity contribution in [2.45, 2.75) is 19.4 Å². The molecule has 1 unspecified atom stereocenters. The van der Waals surface area contributed by atoms with Crippen LogP contribution in [0.1, 0.15) is 24.0 Å². The van der Waals surface area contributed by atoms with Gasteiger partial charge in [0.2, 0.25) is 0 Å². The fourth-order valence-electron chi connectivity index (χ4n) is 2.38. The minimum Gasteiger partial charge on any atom is -0.396 e. The van der Waals surface area contributed by atoms with E-state index in [4.69, 9.17) is 0 Å². The number of hydrogen-bond acceptors (Lipinski definition) is 2. The standard InChI is InChI=1S/C19H24BrN3O/c1-2-21-19(22-12-15-7-6-10-18(20)11-15)23-13-17(14-24)16-8-4-3-5-9-16/h3-11,17,24H,2,12-14H2,1H3,(H2,21,22,23). The first-order chi connectivity index (χ1) is 11.7. The fraction of sp³-hybridized carbons (Fsp3) is 0.316. The molecule has 0 spiro atoms. The van der Waals surface area contributed by atoms with Crippen molar-refractivity contribution in [2.75, 3.05) is 19.7 Å². The van der Waals surface area contributed by atoms with E-state index in [9.17, 15) is 5.11 Å². The van der Waals surface area contributed by atoms with E-state index in [1.165, 1.54) is 0 Å². The van der Waals surface area contributed by atoms with Gasteiger partial charge in [-0.1, -0.05) is 58.4 Å². The lowest BCUT2D eigenvalue weighted by molar-refractivity contribution is 0.265. The summed E-state index contributed by atoms with van der Waals surface area (Å²) >= 11 is 3.48. The quantitative estimate of drug-likeness (QED) is 0.503. The van der Waals surface area contributed by atoms with Crippen LogP contribution < -0.4 is 10.6 Å². The molecule has 0 saturated heterocycles. The van der Waals surface area contributed by atoms with E-state index in [-0.39, 0.29) is 12.5 Å². The monoisotopic (exact) mass is 389 g/mol. The van der Waals surface area contributed by atoms with Crippen molar-refractivity contribution in [3.05, 3.63) is 70.2 Å². The molecule has 4 nitrogen and oxygen atoms in total. The highest BCUT2D eigenvalue weighted by molar-refractivity contribution is 9.10. The summed E-state index contributed by atoms with van der Waals surface area (Å²) in [7, 11) is 0. The van der Waals surface area contributed by atoms with Gasteiger partial charge in [0.05, 0.1) is 13.2 Å². The van der Waals surface area contributed by atoms with Gasteiger partial charge in [-0.2, -0.15) is 0 Å². The molecule has 3 N–H and O–H groups in total.